The second-order valence-corrected chi connectivity index (χ2v) is 7.45. The standard InChI is InChI=1S/C13H18BrNO2S/c1-15(8-11-6-7-12(14)18-11)13(17)9-2-4-10(16)5-3-9/h6-7,9-10,16H,2-5,8H2,1H3. The molecule has 1 aliphatic carbocycles. The van der Waals surface area contributed by atoms with Gasteiger partial charge < -0.3 is 10.0 Å². The Morgan fingerprint density at radius 1 is 1.44 bits per heavy atom. The van der Waals surface area contributed by atoms with Crippen molar-refractivity contribution in [2.45, 2.75) is 38.3 Å². The van der Waals surface area contributed by atoms with Crippen LogP contribution in [0.5, 0.6) is 0 Å². The minimum Gasteiger partial charge on any atom is -0.393 e. The number of aliphatic hydroxyl groups is 1. The summed E-state index contributed by atoms with van der Waals surface area (Å²) in [6.45, 7) is 0.675. The zero-order valence-corrected chi connectivity index (χ0v) is 12.8. The van der Waals surface area contributed by atoms with E-state index in [1.54, 1.807) is 16.2 Å². The van der Waals surface area contributed by atoms with Crippen molar-refractivity contribution in [3.8, 4) is 0 Å². The molecule has 0 radical (unpaired) electrons. The molecule has 0 unspecified atom stereocenters. The zero-order chi connectivity index (χ0) is 13.1. The number of rotatable bonds is 3. The lowest BCUT2D eigenvalue weighted by Gasteiger charge is -2.28. The molecule has 1 saturated carbocycles. The summed E-state index contributed by atoms with van der Waals surface area (Å²) in [6, 6.07) is 4.05. The lowest BCUT2D eigenvalue weighted by atomic mass is 9.86. The molecule has 100 valence electrons. The van der Waals surface area contributed by atoms with Gasteiger partial charge in [0.05, 0.1) is 16.4 Å². The third kappa shape index (κ3) is 3.56. The Morgan fingerprint density at radius 2 is 2.11 bits per heavy atom. The molecule has 0 aliphatic heterocycles. The summed E-state index contributed by atoms with van der Waals surface area (Å²) < 4.78 is 1.10. The van der Waals surface area contributed by atoms with Crippen molar-refractivity contribution in [3.63, 3.8) is 0 Å². The first-order chi connectivity index (χ1) is 8.56. The van der Waals surface area contributed by atoms with E-state index in [1.165, 1.54) is 4.88 Å². The maximum absolute atomic E-state index is 12.3. The third-order valence-corrected chi connectivity index (χ3v) is 5.05. The Balaban J connectivity index is 1.88. The number of nitrogens with zero attached hydrogens (tertiary/aromatic N) is 1. The van der Waals surface area contributed by atoms with Gasteiger partial charge in [0, 0.05) is 17.8 Å². The van der Waals surface area contributed by atoms with E-state index in [0.29, 0.717) is 6.54 Å². The van der Waals surface area contributed by atoms with Crippen molar-refractivity contribution in [3.05, 3.63) is 20.8 Å². The molecular weight excluding hydrogens is 314 g/mol. The molecule has 3 nitrogen and oxygen atoms in total. The predicted molar refractivity (Wildman–Crippen MR) is 76.5 cm³/mol. The first-order valence-electron chi connectivity index (χ1n) is 6.23. The smallest absolute Gasteiger partial charge is 0.225 e. The minimum absolute atomic E-state index is 0.0989. The van der Waals surface area contributed by atoms with Gasteiger partial charge in [0.1, 0.15) is 0 Å². The number of hydrogen-bond acceptors (Lipinski definition) is 3. The molecule has 1 aromatic rings. The van der Waals surface area contributed by atoms with Crippen molar-refractivity contribution in [2.75, 3.05) is 7.05 Å². The van der Waals surface area contributed by atoms with Crippen LogP contribution in [0.25, 0.3) is 0 Å². The highest BCUT2D eigenvalue weighted by atomic mass is 79.9. The van der Waals surface area contributed by atoms with E-state index in [0.717, 1.165) is 29.5 Å². The zero-order valence-electron chi connectivity index (χ0n) is 10.4. The van der Waals surface area contributed by atoms with Gasteiger partial charge in [-0.15, -0.1) is 11.3 Å². The van der Waals surface area contributed by atoms with Crippen LogP contribution in [0.15, 0.2) is 15.9 Å². The van der Waals surface area contributed by atoms with Crippen molar-refractivity contribution < 1.29 is 9.90 Å². The predicted octanol–water partition coefficient (Wildman–Crippen LogP) is 3.02. The first-order valence-corrected chi connectivity index (χ1v) is 7.84. The summed E-state index contributed by atoms with van der Waals surface area (Å²) in [5, 5.41) is 9.46. The fraction of sp³-hybridized carbons (Fsp3) is 0.615. The maximum atomic E-state index is 12.3. The van der Waals surface area contributed by atoms with Gasteiger partial charge in [-0.3, -0.25) is 4.79 Å². The number of halogens is 1. The number of amides is 1. The van der Waals surface area contributed by atoms with Crippen molar-refractivity contribution in [1.29, 1.82) is 0 Å². The lowest BCUT2D eigenvalue weighted by molar-refractivity contribution is -0.136. The van der Waals surface area contributed by atoms with Gasteiger partial charge >= 0.3 is 0 Å². The van der Waals surface area contributed by atoms with E-state index < -0.39 is 0 Å². The molecule has 0 saturated heterocycles. The van der Waals surface area contributed by atoms with Gasteiger partial charge in [0.2, 0.25) is 5.91 Å². The van der Waals surface area contributed by atoms with Crippen LogP contribution < -0.4 is 0 Å². The summed E-state index contributed by atoms with van der Waals surface area (Å²) in [7, 11) is 1.86. The van der Waals surface area contributed by atoms with Crippen molar-refractivity contribution >= 4 is 33.2 Å². The summed E-state index contributed by atoms with van der Waals surface area (Å²) in [6.07, 6.45) is 2.95. The van der Waals surface area contributed by atoms with E-state index in [1.807, 2.05) is 19.2 Å². The lowest BCUT2D eigenvalue weighted by Crippen LogP contribution is -2.35. The number of carbonyl (C=O) groups excluding carboxylic acids is 1. The van der Waals surface area contributed by atoms with Crippen LogP contribution in [0.2, 0.25) is 0 Å². The monoisotopic (exact) mass is 331 g/mol. The Labute approximate surface area is 120 Å². The van der Waals surface area contributed by atoms with Gasteiger partial charge in [0.15, 0.2) is 0 Å². The maximum Gasteiger partial charge on any atom is 0.225 e. The Bertz CT molecular complexity index is 413. The Hall–Kier alpha value is -0.390. The van der Waals surface area contributed by atoms with Gasteiger partial charge in [-0.1, -0.05) is 0 Å². The Kier molecular flexibility index (Phi) is 4.81. The van der Waals surface area contributed by atoms with E-state index in [2.05, 4.69) is 15.9 Å². The van der Waals surface area contributed by atoms with Crippen LogP contribution in [0.4, 0.5) is 0 Å². The fourth-order valence-electron chi connectivity index (χ4n) is 2.38. The summed E-state index contributed by atoms with van der Waals surface area (Å²) in [4.78, 5) is 15.2. The summed E-state index contributed by atoms with van der Waals surface area (Å²) in [5.41, 5.74) is 0. The van der Waals surface area contributed by atoms with Gasteiger partial charge in [-0.2, -0.15) is 0 Å². The molecule has 1 aromatic heterocycles. The molecule has 0 bridgehead atoms. The van der Waals surface area contributed by atoms with Crippen LogP contribution in [-0.2, 0) is 11.3 Å². The number of hydrogen-bond donors (Lipinski definition) is 1. The average Bonchev–Trinajstić information content (AvgIpc) is 2.75. The molecule has 1 aliphatic rings. The highest BCUT2D eigenvalue weighted by molar-refractivity contribution is 9.11. The molecule has 1 N–H and O–H groups in total. The van der Waals surface area contributed by atoms with Crippen LogP contribution >= 0.6 is 27.3 Å². The largest absolute Gasteiger partial charge is 0.393 e. The quantitative estimate of drug-likeness (QED) is 0.924. The van der Waals surface area contributed by atoms with Crippen LogP contribution in [0, 0.1) is 5.92 Å². The van der Waals surface area contributed by atoms with E-state index in [4.69, 9.17) is 0 Å². The van der Waals surface area contributed by atoms with Crippen molar-refractivity contribution in [1.82, 2.24) is 4.90 Å². The molecule has 18 heavy (non-hydrogen) atoms. The summed E-state index contributed by atoms with van der Waals surface area (Å²) >= 11 is 5.09. The van der Waals surface area contributed by atoms with E-state index in [9.17, 15) is 9.90 Å². The topological polar surface area (TPSA) is 40.5 Å². The third-order valence-electron chi connectivity index (χ3n) is 3.44. The highest BCUT2D eigenvalue weighted by Crippen LogP contribution is 2.27. The molecule has 5 heteroatoms. The van der Waals surface area contributed by atoms with Gasteiger partial charge in [-0.05, 0) is 53.7 Å². The van der Waals surface area contributed by atoms with Crippen LogP contribution in [0.3, 0.4) is 0 Å². The molecule has 1 fully saturated rings. The SMILES string of the molecule is CN(Cc1ccc(Br)s1)C(=O)C1CCC(O)CC1. The van der Waals surface area contributed by atoms with Crippen LogP contribution in [0.1, 0.15) is 30.6 Å². The number of carbonyl (C=O) groups is 1. The average molecular weight is 332 g/mol. The molecule has 1 amide bonds. The summed E-state index contributed by atoms with van der Waals surface area (Å²) in [5.74, 6) is 0.313. The highest BCUT2D eigenvalue weighted by Gasteiger charge is 2.27. The fourth-order valence-corrected chi connectivity index (χ4v) is 3.92. The van der Waals surface area contributed by atoms with Crippen LogP contribution in [-0.4, -0.2) is 29.1 Å². The molecule has 0 aromatic carbocycles. The Morgan fingerprint density at radius 3 is 2.67 bits per heavy atom. The molecule has 1 heterocycles. The van der Waals surface area contributed by atoms with Gasteiger partial charge in [-0.25, -0.2) is 0 Å². The number of aliphatic hydroxyl groups excluding tert-OH is 1. The van der Waals surface area contributed by atoms with E-state index >= 15 is 0 Å². The number of thiophene rings is 1. The molecule has 2 rings (SSSR count). The second kappa shape index (κ2) is 6.17. The second-order valence-electron chi connectivity index (χ2n) is 4.91. The molecule has 0 spiro atoms. The van der Waals surface area contributed by atoms with E-state index in [-0.39, 0.29) is 17.9 Å². The minimum atomic E-state index is -0.201. The van der Waals surface area contributed by atoms with Crippen molar-refractivity contribution in [2.24, 2.45) is 5.92 Å². The molecule has 0 atom stereocenters. The first kappa shape index (κ1) is 14.0. The van der Waals surface area contributed by atoms with Gasteiger partial charge in [0.25, 0.3) is 0 Å². The molecular formula is C13H18BrNO2S. The normalized spacial score (nSPS) is 23.9.